The number of rotatable bonds is 3. The van der Waals surface area contributed by atoms with E-state index >= 15 is 0 Å². The van der Waals surface area contributed by atoms with E-state index in [4.69, 9.17) is 4.42 Å². The van der Waals surface area contributed by atoms with Gasteiger partial charge < -0.3 is 9.52 Å². The number of aromatic hydroxyl groups is 1. The number of hydrogen-bond donors (Lipinski definition) is 1. The summed E-state index contributed by atoms with van der Waals surface area (Å²) in [7, 11) is 0. The van der Waals surface area contributed by atoms with Crippen molar-refractivity contribution >= 4 is 23.1 Å². The SMILES string of the molecule is Oc1cccc2ccc(C=Cc3ccccc3-c3ccco3)nc12. The molecule has 0 spiro atoms. The van der Waals surface area contributed by atoms with E-state index in [1.807, 2.05) is 72.8 Å². The van der Waals surface area contributed by atoms with Crippen LogP contribution in [0.1, 0.15) is 11.3 Å². The molecule has 0 bridgehead atoms. The maximum atomic E-state index is 9.95. The van der Waals surface area contributed by atoms with Crippen LogP contribution in [0, 0.1) is 0 Å². The second kappa shape index (κ2) is 6.05. The molecule has 116 valence electrons. The second-order valence-corrected chi connectivity index (χ2v) is 5.48. The molecule has 0 aliphatic rings. The van der Waals surface area contributed by atoms with Gasteiger partial charge in [-0.1, -0.05) is 48.5 Å². The lowest BCUT2D eigenvalue weighted by atomic mass is 10.0. The number of furan rings is 1. The lowest BCUT2D eigenvalue weighted by Crippen LogP contribution is -1.84. The standard InChI is InChI=1S/C21H15NO2/c23-19-8-3-6-16-11-13-17(22-21(16)19)12-10-15-5-1-2-7-18(15)20-9-4-14-24-20/h1-14,23H. The zero-order chi connectivity index (χ0) is 16.4. The molecule has 0 atom stereocenters. The number of phenols is 1. The highest BCUT2D eigenvalue weighted by molar-refractivity contribution is 5.86. The molecule has 0 aliphatic carbocycles. The first-order valence-corrected chi connectivity index (χ1v) is 7.71. The molecule has 4 aromatic rings. The van der Waals surface area contributed by atoms with Crippen molar-refractivity contribution in [2.45, 2.75) is 0 Å². The summed E-state index contributed by atoms with van der Waals surface area (Å²) in [4.78, 5) is 4.52. The lowest BCUT2D eigenvalue weighted by Gasteiger charge is -2.03. The van der Waals surface area contributed by atoms with E-state index in [-0.39, 0.29) is 5.75 Å². The maximum absolute atomic E-state index is 9.95. The number of phenolic OH excluding ortho intramolecular Hbond substituents is 1. The first-order valence-electron chi connectivity index (χ1n) is 7.71. The summed E-state index contributed by atoms with van der Waals surface area (Å²) in [6.45, 7) is 0. The zero-order valence-corrected chi connectivity index (χ0v) is 12.9. The Kier molecular flexibility index (Phi) is 3.60. The first kappa shape index (κ1) is 14.3. The van der Waals surface area contributed by atoms with Crippen LogP contribution in [-0.2, 0) is 0 Å². The van der Waals surface area contributed by atoms with Crippen LogP contribution < -0.4 is 0 Å². The van der Waals surface area contributed by atoms with E-state index in [0.717, 1.165) is 28.0 Å². The van der Waals surface area contributed by atoms with Gasteiger partial charge in [-0.3, -0.25) is 0 Å². The Labute approximate surface area is 139 Å². The summed E-state index contributed by atoms with van der Waals surface area (Å²) in [5.74, 6) is 1.03. The molecule has 24 heavy (non-hydrogen) atoms. The summed E-state index contributed by atoms with van der Waals surface area (Å²) in [6.07, 6.45) is 5.61. The van der Waals surface area contributed by atoms with Gasteiger partial charge in [-0.05, 0) is 35.9 Å². The molecule has 1 N–H and O–H groups in total. The Bertz CT molecular complexity index is 1020. The number of benzene rings is 2. The maximum Gasteiger partial charge on any atom is 0.141 e. The predicted molar refractivity (Wildman–Crippen MR) is 96.5 cm³/mol. The van der Waals surface area contributed by atoms with Crippen LogP contribution in [0.2, 0.25) is 0 Å². The van der Waals surface area contributed by atoms with Crippen molar-refractivity contribution in [1.82, 2.24) is 4.98 Å². The van der Waals surface area contributed by atoms with Crippen molar-refractivity contribution in [1.29, 1.82) is 0 Å². The summed E-state index contributed by atoms with van der Waals surface area (Å²) in [6, 6.07) is 21.2. The molecule has 0 radical (unpaired) electrons. The van der Waals surface area contributed by atoms with Crippen LogP contribution in [-0.4, -0.2) is 10.1 Å². The molecular formula is C21H15NO2. The number of fused-ring (bicyclic) bond motifs is 1. The third kappa shape index (κ3) is 2.68. The smallest absolute Gasteiger partial charge is 0.141 e. The van der Waals surface area contributed by atoms with Crippen LogP contribution >= 0.6 is 0 Å². The van der Waals surface area contributed by atoms with Gasteiger partial charge in [-0.25, -0.2) is 4.98 Å². The van der Waals surface area contributed by atoms with Crippen molar-refractivity contribution in [2.75, 3.05) is 0 Å². The van der Waals surface area contributed by atoms with Crippen LogP contribution in [0.4, 0.5) is 0 Å². The molecule has 0 fully saturated rings. The number of para-hydroxylation sites is 1. The molecule has 2 aromatic heterocycles. The summed E-state index contributed by atoms with van der Waals surface area (Å²) < 4.78 is 5.50. The van der Waals surface area contributed by atoms with Gasteiger partial charge in [-0.2, -0.15) is 0 Å². The van der Waals surface area contributed by atoms with Crippen LogP contribution in [0.25, 0.3) is 34.4 Å². The number of nitrogens with zero attached hydrogens (tertiary/aromatic N) is 1. The van der Waals surface area contributed by atoms with Crippen molar-refractivity contribution < 1.29 is 9.52 Å². The highest BCUT2D eigenvalue weighted by Gasteiger charge is 2.05. The quantitative estimate of drug-likeness (QED) is 0.553. The number of hydrogen-bond acceptors (Lipinski definition) is 3. The van der Waals surface area contributed by atoms with Crippen molar-refractivity contribution in [3.8, 4) is 17.1 Å². The number of aromatic nitrogens is 1. The van der Waals surface area contributed by atoms with Crippen molar-refractivity contribution in [3.05, 3.63) is 84.3 Å². The zero-order valence-electron chi connectivity index (χ0n) is 12.9. The minimum absolute atomic E-state index is 0.193. The summed E-state index contributed by atoms with van der Waals surface area (Å²) in [5, 5.41) is 10.9. The minimum Gasteiger partial charge on any atom is -0.506 e. The fourth-order valence-corrected chi connectivity index (χ4v) is 2.71. The predicted octanol–water partition coefficient (Wildman–Crippen LogP) is 5.37. The first-order chi connectivity index (χ1) is 11.8. The van der Waals surface area contributed by atoms with E-state index in [0.29, 0.717) is 5.52 Å². The monoisotopic (exact) mass is 313 g/mol. The second-order valence-electron chi connectivity index (χ2n) is 5.48. The topological polar surface area (TPSA) is 46.3 Å². The lowest BCUT2D eigenvalue weighted by molar-refractivity contribution is 0.480. The molecule has 0 saturated heterocycles. The van der Waals surface area contributed by atoms with Crippen LogP contribution in [0.3, 0.4) is 0 Å². The highest BCUT2D eigenvalue weighted by Crippen LogP contribution is 2.26. The van der Waals surface area contributed by atoms with Gasteiger partial charge >= 0.3 is 0 Å². The van der Waals surface area contributed by atoms with Gasteiger partial charge in [0.15, 0.2) is 0 Å². The van der Waals surface area contributed by atoms with Gasteiger partial charge in [0, 0.05) is 10.9 Å². The largest absolute Gasteiger partial charge is 0.506 e. The molecule has 4 rings (SSSR count). The van der Waals surface area contributed by atoms with Crippen LogP contribution in [0.5, 0.6) is 5.75 Å². The molecule has 0 unspecified atom stereocenters. The average molecular weight is 313 g/mol. The molecule has 0 aliphatic heterocycles. The Morgan fingerprint density at radius 3 is 2.62 bits per heavy atom. The van der Waals surface area contributed by atoms with E-state index < -0.39 is 0 Å². The van der Waals surface area contributed by atoms with Crippen molar-refractivity contribution in [3.63, 3.8) is 0 Å². The Morgan fingerprint density at radius 2 is 1.75 bits per heavy atom. The minimum atomic E-state index is 0.193. The fourth-order valence-electron chi connectivity index (χ4n) is 2.71. The van der Waals surface area contributed by atoms with Gasteiger partial charge in [-0.15, -0.1) is 0 Å². The Hall–Kier alpha value is -3.33. The number of pyridine rings is 1. The molecule has 0 amide bonds. The fraction of sp³-hybridized carbons (Fsp3) is 0. The van der Waals surface area contributed by atoms with Gasteiger partial charge in [0.05, 0.1) is 12.0 Å². The molecule has 0 saturated carbocycles. The molecule has 3 heteroatoms. The van der Waals surface area contributed by atoms with E-state index in [9.17, 15) is 5.11 Å². The van der Waals surface area contributed by atoms with Crippen LogP contribution in [0.15, 0.2) is 77.4 Å². The molecule has 2 heterocycles. The molecule has 3 nitrogen and oxygen atoms in total. The Balaban J connectivity index is 1.73. The van der Waals surface area contributed by atoms with Gasteiger partial charge in [0.2, 0.25) is 0 Å². The van der Waals surface area contributed by atoms with E-state index in [1.165, 1.54) is 0 Å². The van der Waals surface area contributed by atoms with E-state index in [1.54, 1.807) is 12.3 Å². The van der Waals surface area contributed by atoms with E-state index in [2.05, 4.69) is 4.98 Å². The van der Waals surface area contributed by atoms with Gasteiger partial charge in [0.1, 0.15) is 17.0 Å². The summed E-state index contributed by atoms with van der Waals surface area (Å²) >= 11 is 0. The molecule has 2 aromatic carbocycles. The Morgan fingerprint density at radius 1 is 0.833 bits per heavy atom. The van der Waals surface area contributed by atoms with Crippen molar-refractivity contribution in [2.24, 2.45) is 0 Å². The summed E-state index contributed by atoms with van der Waals surface area (Å²) in [5.41, 5.74) is 3.48. The third-order valence-electron chi connectivity index (χ3n) is 3.90. The normalized spacial score (nSPS) is 11.3. The van der Waals surface area contributed by atoms with Gasteiger partial charge in [0.25, 0.3) is 0 Å². The highest BCUT2D eigenvalue weighted by atomic mass is 16.3. The third-order valence-corrected chi connectivity index (χ3v) is 3.90. The molecular weight excluding hydrogens is 298 g/mol. The average Bonchev–Trinajstić information content (AvgIpc) is 3.15.